The number of amides is 1. The van der Waals surface area contributed by atoms with E-state index in [1.54, 1.807) is 25.1 Å². The summed E-state index contributed by atoms with van der Waals surface area (Å²) in [6, 6.07) is 9.18. The van der Waals surface area contributed by atoms with E-state index < -0.39 is 6.36 Å². The Morgan fingerprint density at radius 3 is 2.58 bits per heavy atom. The summed E-state index contributed by atoms with van der Waals surface area (Å²) in [4.78, 5) is 13.3. The van der Waals surface area contributed by atoms with Crippen molar-refractivity contribution in [2.75, 3.05) is 7.05 Å². The first-order valence-corrected chi connectivity index (χ1v) is 7.08. The Kier molecular flexibility index (Phi) is 5.33. The highest BCUT2D eigenvalue weighted by molar-refractivity contribution is 5.91. The highest BCUT2D eigenvalue weighted by Gasteiger charge is 2.32. The third kappa shape index (κ3) is 5.19. The zero-order chi connectivity index (χ0) is 17.7. The summed E-state index contributed by atoms with van der Waals surface area (Å²) < 4.78 is 46.5. The molecule has 0 aliphatic heterocycles. The van der Waals surface area contributed by atoms with Crippen molar-refractivity contribution in [3.63, 3.8) is 0 Å². The Morgan fingerprint density at radius 2 is 1.96 bits per heavy atom. The molecule has 1 aromatic heterocycles. The van der Waals surface area contributed by atoms with Gasteiger partial charge in [-0.3, -0.25) is 4.79 Å². The maximum absolute atomic E-state index is 12.4. The molecule has 0 spiro atoms. The summed E-state index contributed by atoms with van der Waals surface area (Å²) >= 11 is 0. The van der Waals surface area contributed by atoms with Gasteiger partial charge in [0, 0.05) is 25.2 Å². The molecule has 24 heavy (non-hydrogen) atoms. The average Bonchev–Trinajstić information content (AvgIpc) is 2.91. The van der Waals surface area contributed by atoms with Gasteiger partial charge in [0.1, 0.15) is 17.3 Å². The average molecular weight is 339 g/mol. The van der Waals surface area contributed by atoms with E-state index in [2.05, 4.69) is 4.74 Å². The van der Waals surface area contributed by atoms with Crippen molar-refractivity contribution in [3.8, 4) is 5.75 Å². The van der Waals surface area contributed by atoms with Gasteiger partial charge >= 0.3 is 6.36 Å². The van der Waals surface area contributed by atoms with Crippen molar-refractivity contribution >= 4 is 12.0 Å². The normalized spacial score (nSPS) is 11.7. The monoisotopic (exact) mass is 339 g/mol. The van der Waals surface area contributed by atoms with Crippen molar-refractivity contribution < 1.29 is 27.1 Å². The first-order valence-electron chi connectivity index (χ1n) is 7.08. The number of ether oxygens (including phenoxy) is 1. The molecule has 2 aromatic rings. The van der Waals surface area contributed by atoms with E-state index >= 15 is 0 Å². The van der Waals surface area contributed by atoms with Gasteiger partial charge in [0.2, 0.25) is 5.91 Å². The van der Waals surface area contributed by atoms with E-state index in [0.717, 1.165) is 0 Å². The third-order valence-corrected chi connectivity index (χ3v) is 3.13. The van der Waals surface area contributed by atoms with Crippen LogP contribution in [0.4, 0.5) is 13.2 Å². The molecule has 0 unspecified atom stereocenters. The van der Waals surface area contributed by atoms with Crippen LogP contribution in [0.15, 0.2) is 46.9 Å². The molecule has 128 valence electrons. The molecule has 7 heteroatoms. The molecule has 1 heterocycles. The number of alkyl halides is 3. The number of carbonyl (C=O) groups excluding carboxylic acids is 1. The van der Waals surface area contributed by atoms with Gasteiger partial charge < -0.3 is 14.1 Å². The Bertz CT molecular complexity index is 735. The molecular weight excluding hydrogens is 323 g/mol. The van der Waals surface area contributed by atoms with Gasteiger partial charge in [0.05, 0.1) is 0 Å². The van der Waals surface area contributed by atoms with Crippen molar-refractivity contribution in [2.45, 2.75) is 19.8 Å². The second-order valence-electron chi connectivity index (χ2n) is 5.13. The SMILES string of the molecule is Cc1ccc(/C=C/C(=O)N(C)Cc2ccccc2OC(F)(F)F)o1. The lowest BCUT2D eigenvalue weighted by atomic mass is 10.2. The summed E-state index contributed by atoms with van der Waals surface area (Å²) in [7, 11) is 1.49. The van der Waals surface area contributed by atoms with Gasteiger partial charge in [-0.15, -0.1) is 13.2 Å². The fraction of sp³-hybridized carbons (Fsp3) is 0.235. The molecular formula is C17H16F3NO3. The van der Waals surface area contributed by atoms with E-state index in [1.165, 1.54) is 42.3 Å². The first kappa shape index (κ1) is 17.7. The Hall–Kier alpha value is -2.70. The van der Waals surface area contributed by atoms with Crippen molar-refractivity contribution in [2.24, 2.45) is 0 Å². The van der Waals surface area contributed by atoms with E-state index in [1.807, 2.05) is 0 Å². The fourth-order valence-corrected chi connectivity index (χ4v) is 2.02. The minimum absolute atomic E-state index is 0.0212. The first-order chi connectivity index (χ1) is 11.2. The van der Waals surface area contributed by atoms with Crippen LogP contribution in [-0.2, 0) is 11.3 Å². The van der Waals surface area contributed by atoms with Crippen LogP contribution in [0, 0.1) is 6.92 Å². The number of para-hydroxylation sites is 1. The number of halogens is 3. The zero-order valence-corrected chi connectivity index (χ0v) is 13.1. The lowest BCUT2D eigenvalue weighted by molar-refractivity contribution is -0.275. The predicted octanol–water partition coefficient (Wildman–Crippen LogP) is 4.16. The standard InChI is InChI=1S/C17H16F3NO3/c1-12-7-8-14(23-12)9-10-16(22)21(2)11-13-5-3-4-6-15(13)24-17(18,19)20/h3-10H,11H2,1-2H3/b10-9+. The summed E-state index contributed by atoms with van der Waals surface area (Å²) in [5.41, 5.74) is 0.257. The topological polar surface area (TPSA) is 42.7 Å². The molecule has 0 radical (unpaired) electrons. The number of likely N-dealkylation sites (N-methyl/N-ethyl adjacent to an activating group) is 1. The van der Waals surface area contributed by atoms with Crippen LogP contribution in [0.5, 0.6) is 5.75 Å². The second-order valence-corrected chi connectivity index (χ2v) is 5.13. The molecule has 0 aliphatic carbocycles. The molecule has 0 aliphatic rings. The van der Waals surface area contributed by atoms with Crippen molar-refractivity contribution in [1.29, 1.82) is 0 Å². The Labute approximate surface area is 137 Å². The molecule has 0 bridgehead atoms. The molecule has 4 nitrogen and oxygen atoms in total. The Balaban J connectivity index is 2.05. The molecule has 0 N–H and O–H groups in total. The van der Waals surface area contributed by atoms with E-state index in [9.17, 15) is 18.0 Å². The van der Waals surface area contributed by atoms with Gasteiger partial charge in [-0.1, -0.05) is 18.2 Å². The van der Waals surface area contributed by atoms with E-state index in [0.29, 0.717) is 11.5 Å². The van der Waals surface area contributed by atoms with Crippen LogP contribution in [0.1, 0.15) is 17.1 Å². The number of nitrogens with zero attached hydrogens (tertiary/aromatic N) is 1. The van der Waals surface area contributed by atoms with Crippen LogP contribution in [0.3, 0.4) is 0 Å². The summed E-state index contributed by atoms with van der Waals surface area (Å²) in [5.74, 6) is 0.546. The summed E-state index contributed by atoms with van der Waals surface area (Å²) in [6.45, 7) is 1.76. The maximum Gasteiger partial charge on any atom is 0.573 e. The molecule has 0 saturated carbocycles. The lowest BCUT2D eigenvalue weighted by Gasteiger charge is -2.18. The molecule has 0 fully saturated rings. The number of carbonyl (C=O) groups is 1. The molecule has 1 amide bonds. The minimum Gasteiger partial charge on any atom is -0.462 e. The van der Waals surface area contributed by atoms with Crippen LogP contribution in [0.25, 0.3) is 6.08 Å². The lowest BCUT2D eigenvalue weighted by Crippen LogP contribution is -2.25. The maximum atomic E-state index is 12.4. The predicted molar refractivity (Wildman–Crippen MR) is 82.1 cm³/mol. The fourth-order valence-electron chi connectivity index (χ4n) is 2.02. The zero-order valence-electron chi connectivity index (χ0n) is 13.1. The summed E-state index contributed by atoms with van der Waals surface area (Å²) in [6.07, 6.45) is -1.98. The number of hydrogen-bond acceptors (Lipinski definition) is 3. The molecule has 0 atom stereocenters. The smallest absolute Gasteiger partial charge is 0.462 e. The number of aryl methyl sites for hydroxylation is 1. The van der Waals surface area contributed by atoms with Gasteiger partial charge in [0.15, 0.2) is 0 Å². The van der Waals surface area contributed by atoms with Crippen LogP contribution < -0.4 is 4.74 Å². The van der Waals surface area contributed by atoms with Gasteiger partial charge in [-0.05, 0) is 31.2 Å². The number of rotatable bonds is 5. The third-order valence-electron chi connectivity index (χ3n) is 3.13. The van der Waals surface area contributed by atoms with Crippen LogP contribution in [-0.4, -0.2) is 24.2 Å². The summed E-state index contributed by atoms with van der Waals surface area (Å²) in [5, 5.41) is 0. The Morgan fingerprint density at radius 1 is 1.25 bits per heavy atom. The van der Waals surface area contributed by atoms with Gasteiger partial charge in [-0.25, -0.2) is 0 Å². The van der Waals surface area contributed by atoms with E-state index in [4.69, 9.17) is 4.42 Å². The molecule has 0 saturated heterocycles. The van der Waals surface area contributed by atoms with Crippen molar-refractivity contribution in [1.82, 2.24) is 4.90 Å². The highest BCUT2D eigenvalue weighted by atomic mass is 19.4. The quantitative estimate of drug-likeness (QED) is 0.768. The minimum atomic E-state index is -4.78. The molecule has 1 aromatic carbocycles. The number of hydrogen-bond donors (Lipinski definition) is 0. The second kappa shape index (κ2) is 7.25. The van der Waals surface area contributed by atoms with Crippen LogP contribution in [0.2, 0.25) is 0 Å². The van der Waals surface area contributed by atoms with Crippen LogP contribution >= 0.6 is 0 Å². The molecule has 2 rings (SSSR count). The van der Waals surface area contributed by atoms with Gasteiger partial charge in [0.25, 0.3) is 0 Å². The van der Waals surface area contributed by atoms with Gasteiger partial charge in [-0.2, -0.15) is 0 Å². The highest BCUT2D eigenvalue weighted by Crippen LogP contribution is 2.27. The number of furan rings is 1. The number of benzene rings is 1. The van der Waals surface area contributed by atoms with E-state index in [-0.39, 0.29) is 23.8 Å². The van der Waals surface area contributed by atoms with Crippen molar-refractivity contribution in [3.05, 3.63) is 59.6 Å². The largest absolute Gasteiger partial charge is 0.573 e.